The Morgan fingerprint density at radius 2 is 1.10 bits per heavy atom. The molecule has 1 aliphatic carbocycles. The molecule has 13 N–H and O–H groups in total. The maximum atomic E-state index is 10.8. The highest BCUT2D eigenvalue weighted by atomic mass is 16.7. The van der Waals surface area contributed by atoms with E-state index in [4.69, 9.17) is 36.1 Å². The fraction of sp³-hybridized carbons (Fsp3) is 1.00. The van der Waals surface area contributed by atoms with E-state index in [0.717, 1.165) is 0 Å². The first kappa shape index (κ1) is 25.1. The molecule has 14 heteroatoms. The number of aliphatic hydroxyl groups excluding tert-OH is 7. The molecule has 31 heavy (non-hydrogen) atoms. The van der Waals surface area contributed by atoms with Crippen molar-refractivity contribution in [1.29, 1.82) is 0 Å². The van der Waals surface area contributed by atoms with Crippen LogP contribution >= 0.6 is 0 Å². The molecule has 3 fully saturated rings. The van der Waals surface area contributed by atoms with E-state index in [1.54, 1.807) is 0 Å². The molecule has 2 heterocycles. The summed E-state index contributed by atoms with van der Waals surface area (Å²) in [6.07, 6.45) is -14.3. The first-order chi connectivity index (χ1) is 14.6. The van der Waals surface area contributed by atoms with Crippen LogP contribution in [0.3, 0.4) is 0 Å². The van der Waals surface area contributed by atoms with Gasteiger partial charge in [0.05, 0.1) is 19.3 Å². The second-order valence-corrected chi connectivity index (χ2v) is 8.25. The van der Waals surface area contributed by atoms with Crippen molar-refractivity contribution in [2.45, 2.75) is 92.1 Å². The van der Waals surface area contributed by atoms with Crippen molar-refractivity contribution in [1.82, 2.24) is 0 Å². The van der Waals surface area contributed by atoms with Gasteiger partial charge in [0.2, 0.25) is 0 Å². The van der Waals surface area contributed by atoms with Gasteiger partial charge < -0.3 is 71.9 Å². The van der Waals surface area contributed by atoms with Crippen LogP contribution in [0.2, 0.25) is 0 Å². The highest BCUT2D eigenvalue weighted by Crippen LogP contribution is 2.31. The van der Waals surface area contributed by atoms with E-state index < -0.39 is 98.9 Å². The molecule has 0 aromatic carbocycles. The Morgan fingerprint density at radius 3 is 1.61 bits per heavy atom. The molecule has 0 unspecified atom stereocenters. The van der Waals surface area contributed by atoms with Crippen LogP contribution < -0.4 is 17.2 Å². The lowest BCUT2D eigenvalue weighted by molar-refractivity contribution is -0.302. The first-order valence-electron chi connectivity index (χ1n) is 10.1. The van der Waals surface area contributed by atoms with Crippen LogP contribution in [0.5, 0.6) is 0 Å². The Morgan fingerprint density at radius 1 is 0.645 bits per heavy atom. The van der Waals surface area contributed by atoms with Gasteiger partial charge in [-0.1, -0.05) is 0 Å². The van der Waals surface area contributed by atoms with Gasteiger partial charge in [-0.25, -0.2) is 0 Å². The lowest BCUT2D eigenvalue weighted by atomic mass is 9.84. The summed E-state index contributed by atoms with van der Waals surface area (Å²) >= 11 is 0. The molecule has 1 saturated carbocycles. The van der Waals surface area contributed by atoms with E-state index >= 15 is 0 Å². The van der Waals surface area contributed by atoms with E-state index in [2.05, 4.69) is 0 Å². The molecule has 0 amide bonds. The van der Waals surface area contributed by atoms with Gasteiger partial charge in [0.25, 0.3) is 0 Å². The zero-order valence-electron chi connectivity index (χ0n) is 16.7. The van der Waals surface area contributed by atoms with Crippen LogP contribution in [0.1, 0.15) is 6.42 Å². The molecule has 0 radical (unpaired) electrons. The fourth-order valence-electron chi connectivity index (χ4n) is 4.15. The van der Waals surface area contributed by atoms with Gasteiger partial charge in [0, 0.05) is 12.1 Å². The minimum atomic E-state index is -1.48. The third-order valence-corrected chi connectivity index (χ3v) is 6.07. The van der Waals surface area contributed by atoms with Gasteiger partial charge in [-0.05, 0) is 6.42 Å². The summed E-state index contributed by atoms with van der Waals surface area (Å²) in [5.41, 5.74) is 18.0. The molecular weight excluding hydrogens is 422 g/mol. The molecule has 0 bridgehead atoms. The smallest absolute Gasteiger partial charge is 0.187 e. The van der Waals surface area contributed by atoms with E-state index in [1.807, 2.05) is 0 Å². The maximum absolute atomic E-state index is 10.8. The third kappa shape index (κ3) is 4.87. The molecule has 3 rings (SSSR count). The van der Waals surface area contributed by atoms with Crippen molar-refractivity contribution >= 4 is 0 Å². The number of ether oxygens (including phenoxy) is 4. The standard InChI is InChI=1S/C17H33N3O11/c18-4-1-5(19)15(31-17-12(26)10(24)7(3-22)29-17)13(27)14(4)30-16-8(20)11(25)9(23)6(2-21)28-16/h4-17,21-27H,1-3,18-20H2/t4-,5+,6+,7+,8+,9+,10+,11+,12+,13-,14+,15-,16+,17-/m0/s1. The lowest BCUT2D eigenvalue weighted by Crippen LogP contribution is -2.67. The molecular formula is C17H33N3O11. The normalized spacial score (nSPS) is 53.6. The van der Waals surface area contributed by atoms with Gasteiger partial charge in [0.15, 0.2) is 12.6 Å². The second-order valence-electron chi connectivity index (χ2n) is 8.25. The molecule has 0 aromatic rings. The van der Waals surface area contributed by atoms with Crippen molar-refractivity contribution in [2.75, 3.05) is 13.2 Å². The Labute approximate surface area is 178 Å². The summed E-state index contributed by atoms with van der Waals surface area (Å²) in [5.74, 6) is 0. The van der Waals surface area contributed by atoms with E-state index in [1.165, 1.54) is 0 Å². The third-order valence-electron chi connectivity index (χ3n) is 6.07. The minimum Gasteiger partial charge on any atom is -0.394 e. The summed E-state index contributed by atoms with van der Waals surface area (Å²) in [5, 5.41) is 69.3. The SMILES string of the molecule is N[C@H]1[C@@H](O[C@H]2[C@H](O)[C@@H](O[C@@H]3O[C@H](CO)[C@@H](O)[C@H]3O)[C@H](N)C[C@@H]2N)O[C@H](CO)[C@@H](O)[C@@H]1O. The zero-order chi connectivity index (χ0) is 23.0. The van der Waals surface area contributed by atoms with E-state index in [9.17, 15) is 35.7 Å². The van der Waals surface area contributed by atoms with Crippen molar-refractivity contribution < 1.29 is 54.7 Å². The monoisotopic (exact) mass is 455 g/mol. The maximum Gasteiger partial charge on any atom is 0.187 e. The van der Waals surface area contributed by atoms with Crippen molar-refractivity contribution in [3.8, 4) is 0 Å². The molecule has 3 aliphatic rings. The number of hydrogen-bond acceptors (Lipinski definition) is 14. The van der Waals surface area contributed by atoms with Gasteiger partial charge in [-0.3, -0.25) is 0 Å². The van der Waals surface area contributed by atoms with Gasteiger partial charge in [-0.2, -0.15) is 0 Å². The van der Waals surface area contributed by atoms with Crippen LogP contribution in [-0.2, 0) is 18.9 Å². The Kier molecular flexibility index (Phi) is 8.21. The molecule has 14 nitrogen and oxygen atoms in total. The number of rotatable bonds is 6. The summed E-state index contributed by atoms with van der Waals surface area (Å²) < 4.78 is 22.0. The van der Waals surface area contributed by atoms with E-state index in [-0.39, 0.29) is 6.42 Å². The van der Waals surface area contributed by atoms with E-state index in [0.29, 0.717) is 0 Å². The number of nitrogens with two attached hydrogens (primary N) is 3. The summed E-state index contributed by atoms with van der Waals surface area (Å²) in [6, 6.07) is -2.78. The highest BCUT2D eigenvalue weighted by molar-refractivity contribution is 5.01. The predicted molar refractivity (Wildman–Crippen MR) is 99.8 cm³/mol. The van der Waals surface area contributed by atoms with Crippen LogP contribution in [-0.4, -0.2) is 135 Å². The summed E-state index contributed by atoms with van der Waals surface area (Å²) in [7, 11) is 0. The van der Waals surface area contributed by atoms with Crippen LogP contribution in [0.15, 0.2) is 0 Å². The topological polar surface area (TPSA) is 257 Å². The molecule has 2 saturated heterocycles. The Bertz CT molecular complexity index is 590. The largest absolute Gasteiger partial charge is 0.394 e. The molecule has 182 valence electrons. The predicted octanol–water partition coefficient (Wildman–Crippen LogP) is -6.62. The van der Waals surface area contributed by atoms with Gasteiger partial charge in [-0.15, -0.1) is 0 Å². The molecule has 14 atom stereocenters. The zero-order valence-corrected chi connectivity index (χ0v) is 16.7. The minimum absolute atomic E-state index is 0.123. The quantitative estimate of drug-likeness (QED) is 0.179. The fourth-order valence-corrected chi connectivity index (χ4v) is 4.15. The van der Waals surface area contributed by atoms with Crippen molar-refractivity contribution in [2.24, 2.45) is 17.2 Å². The van der Waals surface area contributed by atoms with Crippen LogP contribution in [0, 0.1) is 0 Å². The summed E-state index contributed by atoms with van der Waals surface area (Å²) in [4.78, 5) is 0. The average molecular weight is 455 g/mol. The number of aliphatic hydroxyl groups is 7. The van der Waals surface area contributed by atoms with Crippen LogP contribution in [0.4, 0.5) is 0 Å². The van der Waals surface area contributed by atoms with Crippen molar-refractivity contribution in [3.05, 3.63) is 0 Å². The molecule has 0 spiro atoms. The summed E-state index contributed by atoms with van der Waals surface area (Å²) in [6.45, 7) is -1.16. The first-order valence-corrected chi connectivity index (χ1v) is 10.1. The second kappa shape index (κ2) is 10.1. The molecule has 2 aliphatic heterocycles. The average Bonchev–Trinajstić information content (AvgIpc) is 3.01. The Hall–Kier alpha value is -0.560. The lowest BCUT2D eigenvalue weighted by Gasteiger charge is -2.46. The molecule has 0 aromatic heterocycles. The number of hydrogen-bond donors (Lipinski definition) is 10. The van der Waals surface area contributed by atoms with Gasteiger partial charge in [0.1, 0.15) is 54.9 Å². The van der Waals surface area contributed by atoms with Gasteiger partial charge >= 0.3 is 0 Å². The van der Waals surface area contributed by atoms with Crippen molar-refractivity contribution in [3.63, 3.8) is 0 Å². The van der Waals surface area contributed by atoms with Crippen LogP contribution in [0.25, 0.3) is 0 Å². The Balaban J connectivity index is 1.70. The highest BCUT2D eigenvalue weighted by Gasteiger charge is 2.51.